The molecule has 3 nitrogen and oxygen atoms in total. The molecule has 1 aliphatic heterocycles. The van der Waals surface area contributed by atoms with Gasteiger partial charge in [0, 0.05) is 6.04 Å². The van der Waals surface area contributed by atoms with Crippen molar-refractivity contribution in [1.82, 2.24) is 5.32 Å². The maximum absolute atomic E-state index is 5.65. The van der Waals surface area contributed by atoms with Crippen molar-refractivity contribution in [1.29, 1.82) is 0 Å². The summed E-state index contributed by atoms with van der Waals surface area (Å²) < 4.78 is 11.2. The van der Waals surface area contributed by atoms with Gasteiger partial charge in [-0.1, -0.05) is 38.2 Å². The second-order valence-corrected chi connectivity index (χ2v) is 6.22. The van der Waals surface area contributed by atoms with Crippen LogP contribution in [0.1, 0.15) is 50.5 Å². The minimum Gasteiger partial charge on any atom is -0.486 e. The molecule has 1 heterocycles. The molecule has 0 aromatic heterocycles. The fourth-order valence-electron chi connectivity index (χ4n) is 3.32. The van der Waals surface area contributed by atoms with Crippen LogP contribution in [0.25, 0.3) is 0 Å². The topological polar surface area (TPSA) is 30.5 Å². The van der Waals surface area contributed by atoms with E-state index in [0.717, 1.165) is 30.5 Å². The van der Waals surface area contributed by atoms with E-state index in [2.05, 4.69) is 17.4 Å². The van der Waals surface area contributed by atoms with Crippen molar-refractivity contribution in [2.75, 3.05) is 19.8 Å². The molecule has 21 heavy (non-hydrogen) atoms. The van der Waals surface area contributed by atoms with Gasteiger partial charge in [-0.25, -0.2) is 0 Å². The van der Waals surface area contributed by atoms with E-state index >= 15 is 0 Å². The van der Waals surface area contributed by atoms with E-state index in [4.69, 9.17) is 9.47 Å². The highest BCUT2D eigenvalue weighted by Crippen LogP contribution is 2.30. The highest BCUT2D eigenvalue weighted by Gasteiger charge is 2.13. The van der Waals surface area contributed by atoms with Crippen LogP contribution in [0.2, 0.25) is 0 Å². The molecule has 2 aliphatic rings. The third-order valence-corrected chi connectivity index (χ3v) is 4.56. The number of benzene rings is 1. The van der Waals surface area contributed by atoms with E-state index in [9.17, 15) is 0 Å². The summed E-state index contributed by atoms with van der Waals surface area (Å²) in [6.45, 7) is 2.39. The Labute approximate surface area is 128 Å². The summed E-state index contributed by atoms with van der Waals surface area (Å²) in [5.74, 6) is 1.79. The lowest BCUT2D eigenvalue weighted by molar-refractivity contribution is 0.171. The number of hydrogen-bond donors (Lipinski definition) is 1. The van der Waals surface area contributed by atoms with Gasteiger partial charge in [0.15, 0.2) is 11.5 Å². The summed E-state index contributed by atoms with van der Waals surface area (Å²) in [4.78, 5) is 0. The van der Waals surface area contributed by atoms with Gasteiger partial charge < -0.3 is 14.8 Å². The molecule has 0 atom stereocenters. The minimum atomic E-state index is 0.662. The molecular weight excluding hydrogens is 262 g/mol. The van der Waals surface area contributed by atoms with Gasteiger partial charge in [-0.2, -0.15) is 0 Å². The maximum Gasteiger partial charge on any atom is 0.161 e. The minimum absolute atomic E-state index is 0.662. The van der Waals surface area contributed by atoms with E-state index < -0.39 is 0 Å². The molecule has 1 N–H and O–H groups in total. The molecule has 1 fully saturated rings. The second kappa shape index (κ2) is 7.69. The number of fused-ring (bicyclic) bond motifs is 1. The van der Waals surface area contributed by atoms with E-state index in [1.807, 2.05) is 6.07 Å². The zero-order valence-corrected chi connectivity index (χ0v) is 12.9. The Hall–Kier alpha value is -1.22. The third-order valence-electron chi connectivity index (χ3n) is 4.56. The van der Waals surface area contributed by atoms with Crippen molar-refractivity contribution in [3.8, 4) is 11.5 Å². The van der Waals surface area contributed by atoms with Crippen LogP contribution in [0, 0.1) is 0 Å². The fraction of sp³-hybridized carbons (Fsp3) is 0.667. The average molecular weight is 289 g/mol. The Morgan fingerprint density at radius 3 is 2.43 bits per heavy atom. The molecule has 116 valence electrons. The average Bonchev–Trinajstić information content (AvgIpc) is 2.49. The summed E-state index contributed by atoms with van der Waals surface area (Å²) in [5, 5.41) is 3.75. The molecule has 0 amide bonds. The van der Waals surface area contributed by atoms with Gasteiger partial charge in [0.25, 0.3) is 0 Å². The fourth-order valence-corrected chi connectivity index (χ4v) is 3.32. The Kier molecular flexibility index (Phi) is 5.39. The number of ether oxygens (including phenoxy) is 2. The van der Waals surface area contributed by atoms with E-state index in [1.165, 1.54) is 50.5 Å². The molecule has 1 aromatic carbocycles. The van der Waals surface area contributed by atoms with Crippen molar-refractivity contribution in [3.05, 3.63) is 23.8 Å². The number of rotatable bonds is 4. The SMILES string of the molecule is c1cc2c(cc1CCNC1CCCCCCC1)OCCO2. The highest BCUT2D eigenvalue weighted by molar-refractivity contribution is 5.43. The molecule has 1 aliphatic carbocycles. The van der Waals surface area contributed by atoms with Crippen LogP contribution in [0.15, 0.2) is 18.2 Å². The normalized spacial score (nSPS) is 19.8. The van der Waals surface area contributed by atoms with E-state index in [1.54, 1.807) is 0 Å². The molecule has 3 rings (SSSR count). The molecule has 0 bridgehead atoms. The maximum atomic E-state index is 5.65. The van der Waals surface area contributed by atoms with Crippen LogP contribution in [0.3, 0.4) is 0 Å². The molecule has 0 spiro atoms. The van der Waals surface area contributed by atoms with Gasteiger partial charge in [-0.15, -0.1) is 0 Å². The van der Waals surface area contributed by atoms with Crippen molar-refractivity contribution in [3.63, 3.8) is 0 Å². The monoisotopic (exact) mass is 289 g/mol. The molecule has 0 radical (unpaired) electrons. The molecule has 0 unspecified atom stereocenters. The van der Waals surface area contributed by atoms with Crippen LogP contribution >= 0.6 is 0 Å². The highest BCUT2D eigenvalue weighted by atomic mass is 16.6. The standard InChI is InChI=1S/C18H27NO2/c1-2-4-6-16(7-5-3-1)19-11-10-15-8-9-17-18(14-15)21-13-12-20-17/h8-9,14,16,19H,1-7,10-13H2. The molecule has 1 saturated carbocycles. The largest absolute Gasteiger partial charge is 0.486 e. The lowest BCUT2D eigenvalue weighted by Crippen LogP contribution is -2.31. The van der Waals surface area contributed by atoms with Crippen molar-refractivity contribution >= 4 is 0 Å². The van der Waals surface area contributed by atoms with Crippen molar-refractivity contribution in [2.24, 2.45) is 0 Å². The van der Waals surface area contributed by atoms with Gasteiger partial charge >= 0.3 is 0 Å². The molecule has 3 heteroatoms. The summed E-state index contributed by atoms with van der Waals surface area (Å²) in [5.41, 5.74) is 1.33. The van der Waals surface area contributed by atoms with Crippen LogP contribution in [-0.2, 0) is 6.42 Å². The predicted octanol–water partition coefficient (Wildman–Crippen LogP) is 3.70. The summed E-state index contributed by atoms with van der Waals surface area (Å²) in [7, 11) is 0. The predicted molar refractivity (Wildman–Crippen MR) is 85.2 cm³/mol. The van der Waals surface area contributed by atoms with Crippen LogP contribution in [0.4, 0.5) is 0 Å². The Balaban J connectivity index is 1.46. The van der Waals surface area contributed by atoms with Gasteiger partial charge in [-0.3, -0.25) is 0 Å². The Morgan fingerprint density at radius 1 is 0.905 bits per heavy atom. The number of hydrogen-bond acceptors (Lipinski definition) is 3. The summed E-state index contributed by atoms with van der Waals surface area (Å²) in [6.07, 6.45) is 10.8. The molecule has 0 saturated heterocycles. The third kappa shape index (κ3) is 4.37. The van der Waals surface area contributed by atoms with Crippen LogP contribution in [-0.4, -0.2) is 25.8 Å². The zero-order valence-electron chi connectivity index (χ0n) is 12.9. The van der Waals surface area contributed by atoms with Crippen molar-refractivity contribution < 1.29 is 9.47 Å². The Morgan fingerprint density at radius 2 is 1.62 bits per heavy atom. The van der Waals surface area contributed by atoms with Crippen molar-refractivity contribution in [2.45, 2.75) is 57.4 Å². The summed E-state index contributed by atoms with van der Waals surface area (Å²) >= 11 is 0. The lowest BCUT2D eigenvalue weighted by atomic mass is 9.96. The van der Waals surface area contributed by atoms with Gasteiger partial charge in [-0.05, 0) is 43.5 Å². The lowest BCUT2D eigenvalue weighted by Gasteiger charge is -2.21. The van der Waals surface area contributed by atoms with Gasteiger partial charge in [0.05, 0.1) is 0 Å². The van der Waals surface area contributed by atoms with Gasteiger partial charge in [0.1, 0.15) is 13.2 Å². The molecular formula is C18H27NO2. The Bertz CT molecular complexity index is 439. The van der Waals surface area contributed by atoms with E-state index in [-0.39, 0.29) is 0 Å². The zero-order chi connectivity index (χ0) is 14.3. The summed E-state index contributed by atoms with van der Waals surface area (Å²) in [6, 6.07) is 7.06. The first-order valence-electron chi connectivity index (χ1n) is 8.54. The van der Waals surface area contributed by atoms with Crippen LogP contribution < -0.4 is 14.8 Å². The molecule has 1 aromatic rings. The van der Waals surface area contributed by atoms with Gasteiger partial charge in [0.2, 0.25) is 0 Å². The number of nitrogens with one attached hydrogen (secondary N) is 1. The first kappa shape index (κ1) is 14.7. The second-order valence-electron chi connectivity index (χ2n) is 6.22. The smallest absolute Gasteiger partial charge is 0.161 e. The van der Waals surface area contributed by atoms with Crippen LogP contribution in [0.5, 0.6) is 11.5 Å². The quantitative estimate of drug-likeness (QED) is 0.916. The first-order valence-corrected chi connectivity index (χ1v) is 8.54. The van der Waals surface area contributed by atoms with E-state index in [0.29, 0.717) is 13.2 Å². The first-order chi connectivity index (χ1) is 10.4.